The van der Waals surface area contributed by atoms with Crippen LogP contribution in [0.2, 0.25) is 5.02 Å². The van der Waals surface area contributed by atoms with Gasteiger partial charge in [0, 0.05) is 0 Å². The van der Waals surface area contributed by atoms with Crippen molar-refractivity contribution >= 4 is 27.5 Å². The van der Waals surface area contributed by atoms with Gasteiger partial charge in [-0.25, -0.2) is 4.39 Å². The smallest absolute Gasteiger partial charge is 0.137 e. The lowest BCUT2D eigenvalue weighted by atomic mass is 10.2. The van der Waals surface area contributed by atoms with Crippen molar-refractivity contribution in [3.05, 3.63) is 51.0 Å². The van der Waals surface area contributed by atoms with Crippen LogP contribution in [0.25, 0.3) is 0 Å². The Balaban J connectivity index is 2.27. The zero-order chi connectivity index (χ0) is 11.7. The second-order valence-electron chi connectivity index (χ2n) is 3.48. The lowest BCUT2D eigenvalue weighted by Gasteiger charge is -2.05. The molecule has 0 spiro atoms. The highest BCUT2D eigenvalue weighted by Gasteiger charge is 2.06. The zero-order valence-electron chi connectivity index (χ0n) is 8.54. The van der Waals surface area contributed by atoms with Gasteiger partial charge in [0.05, 0.1) is 27.9 Å². The second kappa shape index (κ2) is 4.55. The van der Waals surface area contributed by atoms with Gasteiger partial charge in [0.25, 0.3) is 0 Å². The summed E-state index contributed by atoms with van der Waals surface area (Å²) < 4.78 is 15.3. The van der Waals surface area contributed by atoms with E-state index >= 15 is 0 Å². The molecule has 2 nitrogen and oxygen atoms in total. The topological polar surface area (TPSA) is 17.8 Å². The van der Waals surface area contributed by atoms with E-state index in [0.29, 0.717) is 16.0 Å². The van der Waals surface area contributed by atoms with Crippen molar-refractivity contribution in [1.82, 2.24) is 9.78 Å². The molecule has 0 atom stereocenters. The first kappa shape index (κ1) is 11.6. The lowest BCUT2D eigenvalue weighted by Crippen LogP contribution is -2.03. The van der Waals surface area contributed by atoms with Crippen LogP contribution in [0.4, 0.5) is 4.39 Å². The molecule has 0 bridgehead atoms. The van der Waals surface area contributed by atoms with Gasteiger partial charge in [-0.15, -0.1) is 0 Å². The van der Waals surface area contributed by atoms with Gasteiger partial charge in [-0.05, 0) is 40.5 Å². The van der Waals surface area contributed by atoms with Crippen LogP contribution in [-0.4, -0.2) is 9.78 Å². The Hall–Kier alpha value is -0.870. The van der Waals surface area contributed by atoms with E-state index < -0.39 is 0 Å². The number of hydrogen-bond donors (Lipinski definition) is 0. The van der Waals surface area contributed by atoms with E-state index in [1.165, 1.54) is 6.07 Å². The first-order chi connectivity index (χ1) is 7.58. The molecular formula is C11H9BrClFN2. The minimum Gasteiger partial charge on any atom is -0.264 e. The van der Waals surface area contributed by atoms with Crippen LogP contribution in [0.1, 0.15) is 11.3 Å². The fourth-order valence-electron chi connectivity index (χ4n) is 1.39. The monoisotopic (exact) mass is 302 g/mol. The van der Waals surface area contributed by atoms with Crippen LogP contribution in [0.15, 0.2) is 28.9 Å². The van der Waals surface area contributed by atoms with Crippen molar-refractivity contribution < 1.29 is 4.39 Å². The van der Waals surface area contributed by atoms with Gasteiger partial charge in [-0.1, -0.05) is 17.7 Å². The predicted molar refractivity (Wildman–Crippen MR) is 65.2 cm³/mol. The number of rotatable bonds is 2. The number of hydrogen-bond acceptors (Lipinski definition) is 1. The standard InChI is InChI=1S/C11H9BrClFN2/c1-7-10(13)5-15-16(7)6-8-2-3-11(14)9(12)4-8/h2-5H,6H2,1H3. The van der Waals surface area contributed by atoms with Crippen molar-refractivity contribution in [3.8, 4) is 0 Å². The van der Waals surface area contributed by atoms with Gasteiger partial charge < -0.3 is 0 Å². The maximum absolute atomic E-state index is 13.0. The van der Waals surface area contributed by atoms with Crippen molar-refractivity contribution in [2.75, 3.05) is 0 Å². The quantitative estimate of drug-likeness (QED) is 0.825. The molecule has 0 aliphatic carbocycles. The lowest BCUT2D eigenvalue weighted by molar-refractivity contribution is 0.616. The van der Waals surface area contributed by atoms with E-state index in [9.17, 15) is 4.39 Å². The van der Waals surface area contributed by atoms with Crippen LogP contribution in [0.5, 0.6) is 0 Å². The molecule has 1 heterocycles. The molecule has 16 heavy (non-hydrogen) atoms. The summed E-state index contributed by atoms with van der Waals surface area (Å²) in [6, 6.07) is 4.90. The average molecular weight is 304 g/mol. The largest absolute Gasteiger partial charge is 0.264 e. The fraction of sp³-hybridized carbons (Fsp3) is 0.182. The van der Waals surface area contributed by atoms with Crippen LogP contribution in [0.3, 0.4) is 0 Å². The molecule has 5 heteroatoms. The Kier molecular flexibility index (Phi) is 3.30. The summed E-state index contributed by atoms with van der Waals surface area (Å²) in [4.78, 5) is 0. The SMILES string of the molecule is Cc1c(Cl)cnn1Cc1ccc(F)c(Br)c1. The highest BCUT2D eigenvalue weighted by Crippen LogP contribution is 2.19. The van der Waals surface area contributed by atoms with Crippen LogP contribution in [0, 0.1) is 12.7 Å². The Bertz CT molecular complexity index is 525. The molecule has 1 aromatic heterocycles. The molecule has 0 aliphatic heterocycles. The molecule has 2 rings (SSSR count). The van der Waals surface area contributed by atoms with E-state index in [4.69, 9.17) is 11.6 Å². The molecule has 0 amide bonds. The summed E-state index contributed by atoms with van der Waals surface area (Å²) in [6.45, 7) is 2.48. The first-order valence-electron chi connectivity index (χ1n) is 4.70. The normalized spacial score (nSPS) is 10.8. The third-order valence-electron chi connectivity index (χ3n) is 2.36. The highest BCUT2D eigenvalue weighted by atomic mass is 79.9. The third kappa shape index (κ3) is 2.28. The maximum Gasteiger partial charge on any atom is 0.137 e. The van der Waals surface area contributed by atoms with Crippen molar-refractivity contribution in [3.63, 3.8) is 0 Å². The molecule has 0 aliphatic rings. The zero-order valence-corrected chi connectivity index (χ0v) is 10.9. The average Bonchev–Trinajstić information content (AvgIpc) is 2.55. The Morgan fingerprint density at radius 2 is 2.25 bits per heavy atom. The maximum atomic E-state index is 13.0. The summed E-state index contributed by atoms with van der Waals surface area (Å²) in [5.41, 5.74) is 1.87. The van der Waals surface area contributed by atoms with Gasteiger partial charge in [-0.3, -0.25) is 4.68 Å². The fourth-order valence-corrected chi connectivity index (χ4v) is 1.96. The minimum absolute atomic E-state index is 0.265. The summed E-state index contributed by atoms with van der Waals surface area (Å²) in [6.07, 6.45) is 1.61. The van der Waals surface area contributed by atoms with Crippen molar-refractivity contribution in [1.29, 1.82) is 0 Å². The van der Waals surface area contributed by atoms with Gasteiger partial charge in [0.1, 0.15) is 5.82 Å². The molecule has 0 radical (unpaired) electrons. The molecule has 84 valence electrons. The van der Waals surface area contributed by atoms with Crippen molar-refractivity contribution in [2.45, 2.75) is 13.5 Å². The minimum atomic E-state index is -0.265. The van der Waals surface area contributed by atoms with Crippen LogP contribution in [-0.2, 0) is 6.54 Å². The second-order valence-corrected chi connectivity index (χ2v) is 4.75. The molecule has 0 unspecified atom stereocenters. The Morgan fingerprint density at radius 1 is 1.50 bits per heavy atom. The molecular weight excluding hydrogens is 294 g/mol. The van der Waals surface area contributed by atoms with E-state index in [-0.39, 0.29) is 5.82 Å². The highest BCUT2D eigenvalue weighted by molar-refractivity contribution is 9.10. The van der Waals surface area contributed by atoms with Gasteiger partial charge in [-0.2, -0.15) is 5.10 Å². The predicted octanol–water partition coefficient (Wildman–Crippen LogP) is 3.79. The summed E-state index contributed by atoms with van der Waals surface area (Å²) in [5, 5.41) is 4.78. The number of nitrogens with zero attached hydrogens (tertiary/aromatic N) is 2. The number of benzene rings is 1. The van der Waals surface area contributed by atoms with Crippen LogP contribution >= 0.6 is 27.5 Å². The molecule has 1 aromatic carbocycles. The molecule has 0 N–H and O–H groups in total. The van der Waals surface area contributed by atoms with Crippen LogP contribution < -0.4 is 0 Å². The van der Waals surface area contributed by atoms with E-state index in [2.05, 4.69) is 21.0 Å². The Morgan fingerprint density at radius 3 is 2.81 bits per heavy atom. The summed E-state index contributed by atoms with van der Waals surface area (Å²) in [7, 11) is 0. The van der Waals surface area contributed by atoms with Crippen molar-refractivity contribution in [2.24, 2.45) is 0 Å². The third-order valence-corrected chi connectivity index (χ3v) is 3.34. The van der Waals surface area contributed by atoms with Gasteiger partial charge in [0.15, 0.2) is 0 Å². The summed E-state index contributed by atoms with van der Waals surface area (Å²) >= 11 is 9.05. The summed E-state index contributed by atoms with van der Waals surface area (Å²) in [5.74, 6) is -0.265. The Labute approximate surface area is 106 Å². The molecule has 0 saturated heterocycles. The molecule has 0 fully saturated rings. The molecule has 0 saturated carbocycles. The van der Waals surface area contributed by atoms with E-state index in [1.54, 1.807) is 23.0 Å². The van der Waals surface area contributed by atoms with Gasteiger partial charge in [0.2, 0.25) is 0 Å². The van der Waals surface area contributed by atoms with Gasteiger partial charge >= 0.3 is 0 Å². The van der Waals surface area contributed by atoms with E-state index in [1.807, 2.05) is 6.92 Å². The number of aromatic nitrogens is 2. The first-order valence-corrected chi connectivity index (χ1v) is 5.87. The number of halogens is 3. The molecule has 2 aromatic rings. The van der Waals surface area contributed by atoms with E-state index in [0.717, 1.165) is 11.3 Å².